The number of nitrogens with zero attached hydrogens (tertiary/aromatic N) is 1. The van der Waals surface area contributed by atoms with Gasteiger partial charge in [0.1, 0.15) is 18.4 Å². The number of halogens is 1. The van der Waals surface area contributed by atoms with E-state index < -0.39 is 0 Å². The zero-order chi connectivity index (χ0) is 9.68. The van der Waals surface area contributed by atoms with E-state index >= 15 is 0 Å². The van der Waals surface area contributed by atoms with Gasteiger partial charge in [-0.15, -0.1) is 6.42 Å². The Balaban J connectivity index is 2.86. The van der Waals surface area contributed by atoms with E-state index in [1.54, 1.807) is 18.2 Å². The molecule has 2 nitrogen and oxygen atoms in total. The minimum absolute atomic E-state index is 0.197. The van der Waals surface area contributed by atoms with Crippen molar-refractivity contribution in [2.45, 2.75) is 0 Å². The molecule has 3 heteroatoms. The normalized spacial score (nSPS) is 8.54. The predicted octanol–water partition coefficient (Wildman–Crippen LogP) is 2.22. The van der Waals surface area contributed by atoms with Crippen LogP contribution in [0.25, 0.3) is 0 Å². The molecule has 0 spiro atoms. The summed E-state index contributed by atoms with van der Waals surface area (Å²) in [7, 11) is 0. The van der Waals surface area contributed by atoms with Crippen molar-refractivity contribution in [3.8, 4) is 24.2 Å². The van der Waals surface area contributed by atoms with Gasteiger partial charge in [-0.3, -0.25) is 0 Å². The van der Waals surface area contributed by atoms with Crippen LogP contribution in [0.1, 0.15) is 5.56 Å². The van der Waals surface area contributed by atoms with Crippen LogP contribution >= 0.6 is 11.6 Å². The number of benzene rings is 1. The van der Waals surface area contributed by atoms with Crippen molar-refractivity contribution in [2.24, 2.45) is 0 Å². The molecule has 0 aliphatic heterocycles. The van der Waals surface area contributed by atoms with Crippen LogP contribution in [0.15, 0.2) is 18.2 Å². The van der Waals surface area contributed by atoms with Crippen molar-refractivity contribution >= 4 is 11.6 Å². The van der Waals surface area contributed by atoms with Crippen molar-refractivity contribution in [2.75, 3.05) is 6.61 Å². The molecule has 1 rings (SSSR count). The van der Waals surface area contributed by atoms with Crippen molar-refractivity contribution in [3.63, 3.8) is 0 Å². The summed E-state index contributed by atoms with van der Waals surface area (Å²) in [5, 5.41) is 8.95. The van der Waals surface area contributed by atoms with Gasteiger partial charge in [0.05, 0.1) is 10.6 Å². The van der Waals surface area contributed by atoms with Gasteiger partial charge in [-0.05, 0) is 12.1 Å². The SMILES string of the molecule is C#CCOc1ccc(C#N)c(Cl)c1. The molecule has 0 radical (unpaired) electrons. The molecule has 0 saturated carbocycles. The second kappa shape index (κ2) is 4.40. The highest BCUT2D eigenvalue weighted by Gasteiger charge is 2.00. The zero-order valence-electron chi connectivity index (χ0n) is 6.75. The fraction of sp³-hybridized carbons (Fsp3) is 0.100. The summed E-state index contributed by atoms with van der Waals surface area (Å²) < 4.78 is 5.11. The Morgan fingerprint density at radius 2 is 2.31 bits per heavy atom. The van der Waals surface area contributed by atoms with Gasteiger partial charge in [0, 0.05) is 6.07 Å². The molecule has 64 valence electrons. The molecule has 0 bridgehead atoms. The van der Waals surface area contributed by atoms with E-state index in [0.29, 0.717) is 16.3 Å². The van der Waals surface area contributed by atoms with E-state index in [2.05, 4.69) is 5.92 Å². The lowest BCUT2D eigenvalue weighted by Gasteiger charge is -2.02. The topological polar surface area (TPSA) is 33.0 Å². The Labute approximate surface area is 81.7 Å². The first-order valence-electron chi connectivity index (χ1n) is 3.54. The Morgan fingerprint density at radius 3 is 2.85 bits per heavy atom. The minimum Gasteiger partial charge on any atom is -0.481 e. The van der Waals surface area contributed by atoms with Gasteiger partial charge in [-0.2, -0.15) is 5.26 Å². The van der Waals surface area contributed by atoms with Gasteiger partial charge < -0.3 is 4.74 Å². The van der Waals surface area contributed by atoms with E-state index in [-0.39, 0.29) is 6.61 Å². The van der Waals surface area contributed by atoms with Crippen molar-refractivity contribution < 1.29 is 4.74 Å². The van der Waals surface area contributed by atoms with Gasteiger partial charge in [0.2, 0.25) is 0 Å². The summed E-state index contributed by atoms with van der Waals surface area (Å²) in [6.45, 7) is 0.197. The molecule has 0 fully saturated rings. The summed E-state index contributed by atoms with van der Waals surface area (Å²) in [6, 6.07) is 6.76. The van der Waals surface area contributed by atoms with Crippen molar-refractivity contribution in [1.82, 2.24) is 0 Å². The highest BCUT2D eigenvalue weighted by atomic mass is 35.5. The standard InChI is InChI=1S/C10H6ClNO/c1-2-5-13-9-4-3-8(7-12)10(11)6-9/h1,3-4,6H,5H2. The third-order valence-corrected chi connectivity index (χ3v) is 1.70. The quantitative estimate of drug-likeness (QED) is 0.672. The third-order valence-electron chi connectivity index (χ3n) is 1.38. The van der Waals surface area contributed by atoms with Crippen LogP contribution in [0.2, 0.25) is 5.02 Å². The number of nitriles is 1. The van der Waals surface area contributed by atoms with Crippen molar-refractivity contribution in [3.05, 3.63) is 28.8 Å². The average molecular weight is 192 g/mol. The molecule has 13 heavy (non-hydrogen) atoms. The number of rotatable bonds is 2. The molecule has 0 unspecified atom stereocenters. The van der Waals surface area contributed by atoms with Gasteiger partial charge in [-0.1, -0.05) is 17.5 Å². The van der Waals surface area contributed by atoms with E-state index in [4.69, 9.17) is 28.0 Å². The lowest BCUT2D eigenvalue weighted by atomic mass is 10.2. The average Bonchev–Trinajstić information content (AvgIpc) is 2.15. The van der Waals surface area contributed by atoms with E-state index in [0.717, 1.165) is 0 Å². The summed E-state index contributed by atoms with van der Waals surface area (Å²) in [4.78, 5) is 0. The zero-order valence-corrected chi connectivity index (χ0v) is 7.51. The highest BCUT2D eigenvalue weighted by Crippen LogP contribution is 2.21. The maximum absolute atomic E-state index is 8.58. The van der Waals surface area contributed by atoms with Crippen LogP contribution in [0.5, 0.6) is 5.75 Å². The van der Waals surface area contributed by atoms with Crippen LogP contribution in [0.4, 0.5) is 0 Å². The fourth-order valence-corrected chi connectivity index (χ4v) is 1.01. The molecular formula is C10H6ClNO. The summed E-state index contributed by atoms with van der Waals surface area (Å²) in [5.41, 5.74) is 0.426. The molecule has 0 saturated heterocycles. The maximum atomic E-state index is 8.58. The van der Waals surface area contributed by atoms with Crippen molar-refractivity contribution in [1.29, 1.82) is 5.26 Å². The van der Waals surface area contributed by atoms with Gasteiger partial charge in [-0.25, -0.2) is 0 Å². The van der Waals surface area contributed by atoms with E-state index in [9.17, 15) is 0 Å². The number of ether oxygens (including phenoxy) is 1. The predicted molar refractivity (Wildman–Crippen MR) is 50.5 cm³/mol. The molecule has 1 aromatic rings. The Hall–Kier alpha value is -1.64. The van der Waals surface area contributed by atoms with Gasteiger partial charge >= 0.3 is 0 Å². The first kappa shape index (κ1) is 9.45. The maximum Gasteiger partial charge on any atom is 0.148 e. The minimum atomic E-state index is 0.197. The lowest BCUT2D eigenvalue weighted by molar-refractivity contribution is 0.370. The fourth-order valence-electron chi connectivity index (χ4n) is 0.801. The second-order valence-corrected chi connectivity index (χ2v) is 2.65. The summed E-state index contributed by atoms with van der Waals surface area (Å²) >= 11 is 5.75. The Morgan fingerprint density at radius 1 is 1.54 bits per heavy atom. The monoisotopic (exact) mass is 191 g/mol. The van der Waals surface area contributed by atoms with Gasteiger partial charge in [0.25, 0.3) is 0 Å². The molecule has 0 N–H and O–H groups in total. The summed E-state index contributed by atoms with van der Waals surface area (Å²) in [6.07, 6.45) is 5.01. The second-order valence-electron chi connectivity index (χ2n) is 2.25. The van der Waals surface area contributed by atoms with Crippen LogP contribution in [0.3, 0.4) is 0 Å². The molecule has 0 aliphatic carbocycles. The van der Waals surface area contributed by atoms with Crippen LogP contribution in [0, 0.1) is 23.7 Å². The highest BCUT2D eigenvalue weighted by molar-refractivity contribution is 6.31. The Bertz CT molecular complexity index is 387. The molecule has 0 heterocycles. The molecule has 0 amide bonds. The molecular weight excluding hydrogens is 186 g/mol. The smallest absolute Gasteiger partial charge is 0.148 e. The molecule has 1 aromatic carbocycles. The molecule has 0 aliphatic rings. The first-order chi connectivity index (χ1) is 6.27. The van der Waals surface area contributed by atoms with Gasteiger partial charge in [0.15, 0.2) is 0 Å². The number of hydrogen-bond acceptors (Lipinski definition) is 2. The molecule has 0 atom stereocenters. The van der Waals surface area contributed by atoms with Crippen LogP contribution in [-0.2, 0) is 0 Å². The number of hydrogen-bond donors (Lipinski definition) is 0. The molecule has 0 aromatic heterocycles. The summed E-state index contributed by atoms with van der Waals surface area (Å²) in [5.74, 6) is 2.91. The largest absolute Gasteiger partial charge is 0.481 e. The lowest BCUT2D eigenvalue weighted by Crippen LogP contribution is -1.93. The van der Waals surface area contributed by atoms with E-state index in [1.807, 2.05) is 6.07 Å². The van der Waals surface area contributed by atoms with Crippen LogP contribution in [-0.4, -0.2) is 6.61 Å². The first-order valence-corrected chi connectivity index (χ1v) is 3.91. The third kappa shape index (κ3) is 2.40. The van der Waals surface area contributed by atoms with Crippen LogP contribution < -0.4 is 4.74 Å². The number of terminal acetylenes is 1. The van der Waals surface area contributed by atoms with E-state index in [1.165, 1.54) is 0 Å². The Kier molecular flexibility index (Phi) is 3.20.